The monoisotopic (exact) mass is 305 g/mol. The van der Waals surface area contributed by atoms with Gasteiger partial charge in [-0.15, -0.1) is 0 Å². The first-order chi connectivity index (χ1) is 10.0. The molecular weight excluding hydrogens is 290 g/mol. The quantitative estimate of drug-likeness (QED) is 0.879. The lowest BCUT2D eigenvalue weighted by Crippen LogP contribution is -2.21. The van der Waals surface area contributed by atoms with Crippen LogP contribution in [-0.4, -0.2) is 18.2 Å². The van der Waals surface area contributed by atoms with Gasteiger partial charge >= 0.3 is 5.97 Å². The topological polar surface area (TPSA) is 58.6 Å². The molecule has 0 fully saturated rings. The van der Waals surface area contributed by atoms with Crippen LogP contribution >= 0.6 is 11.6 Å². The minimum absolute atomic E-state index is 0.382. The Morgan fingerprint density at radius 3 is 2.57 bits per heavy atom. The number of ether oxygens (including phenoxy) is 1. The Bertz CT molecular complexity index is 658. The molecule has 0 aliphatic heterocycles. The Hall–Kier alpha value is -2.20. The summed E-state index contributed by atoms with van der Waals surface area (Å²) in [5.41, 5.74) is 2.32. The second-order valence-electron chi connectivity index (χ2n) is 4.62. The Morgan fingerprint density at radius 2 is 2.00 bits per heavy atom. The van der Waals surface area contributed by atoms with E-state index in [0.29, 0.717) is 16.3 Å². The maximum Gasteiger partial charge on any atom is 0.330 e. The van der Waals surface area contributed by atoms with Gasteiger partial charge in [-0.3, -0.25) is 0 Å². The predicted octanol–water partition coefficient (Wildman–Crippen LogP) is 3.89. The standard InChI is InChI=1S/C16H16ClNO3/c1-10-5-3-4-6-13(10)18-15(16(19)20)11-7-8-14(21-2)12(17)9-11/h3-9,15,18H,1-2H3,(H,19,20). The van der Waals surface area contributed by atoms with E-state index in [9.17, 15) is 9.90 Å². The number of hydrogen-bond donors (Lipinski definition) is 2. The molecule has 0 saturated heterocycles. The van der Waals surface area contributed by atoms with Crippen LogP contribution in [0.3, 0.4) is 0 Å². The van der Waals surface area contributed by atoms with E-state index in [4.69, 9.17) is 16.3 Å². The van der Waals surface area contributed by atoms with Gasteiger partial charge in [-0.1, -0.05) is 35.9 Å². The number of benzene rings is 2. The number of hydrogen-bond acceptors (Lipinski definition) is 3. The molecule has 0 aliphatic carbocycles. The van der Waals surface area contributed by atoms with Gasteiger partial charge in [-0.05, 0) is 36.2 Å². The van der Waals surface area contributed by atoms with Crippen LogP contribution in [0.2, 0.25) is 5.02 Å². The van der Waals surface area contributed by atoms with Crippen LogP contribution < -0.4 is 10.1 Å². The van der Waals surface area contributed by atoms with Gasteiger partial charge in [0.25, 0.3) is 0 Å². The Morgan fingerprint density at radius 1 is 1.29 bits per heavy atom. The third-order valence-electron chi connectivity index (χ3n) is 3.20. The summed E-state index contributed by atoms with van der Waals surface area (Å²) in [6.07, 6.45) is 0. The zero-order valence-electron chi connectivity index (χ0n) is 11.8. The second-order valence-corrected chi connectivity index (χ2v) is 5.03. The van der Waals surface area contributed by atoms with Gasteiger partial charge in [0.15, 0.2) is 6.04 Å². The van der Waals surface area contributed by atoms with Crippen molar-refractivity contribution in [2.45, 2.75) is 13.0 Å². The van der Waals surface area contributed by atoms with Crippen LogP contribution in [0.4, 0.5) is 5.69 Å². The smallest absolute Gasteiger partial charge is 0.330 e. The van der Waals surface area contributed by atoms with Crippen molar-refractivity contribution in [3.05, 3.63) is 58.6 Å². The Balaban J connectivity index is 2.34. The zero-order valence-corrected chi connectivity index (χ0v) is 12.5. The van der Waals surface area contributed by atoms with E-state index < -0.39 is 12.0 Å². The lowest BCUT2D eigenvalue weighted by atomic mass is 10.1. The van der Waals surface area contributed by atoms with E-state index in [2.05, 4.69) is 5.32 Å². The van der Waals surface area contributed by atoms with Crippen molar-refractivity contribution in [3.63, 3.8) is 0 Å². The van der Waals surface area contributed by atoms with E-state index in [0.717, 1.165) is 11.3 Å². The molecule has 0 radical (unpaired) electrons. The molecule has 0 aliphatic rings. The molecule has 2 N–H and O–H groups in total. The lowest BCUT2D eigenvalue weighted by Gasteiger charge is -2.18. The number of aliphatic carboxylic acids is 1. The summed E-state index contributed by atoms with van der Waals surface area (Å²) in [6.45, 7) is 1.92. The number of carboxylic acid groups (broad SMARTS) is 1. The van der Waals surface area contributed by atoms with Gasteiger partial charge in [0.05, 0.1) is 12.1 Å². The average Bonchev–Trinajstić information content (AvgIpc) is 2.46. The number of nitrogens with one attached hydrogen (secondary N) is 1. The van der Waals surface area contributed by atoms with E-state index in [-0.39, 0.29) is 0 Å². The van der Waals surface area contributed by atoms with Crippen molar-refractivity contribution >= 4 is 23.3 Å². The maximum atomic E-state index is 11.5. The largest absolute Gasteiger partial charge is 0.495 e. The van der Waals surface area contributed by atoms with Crippen molar-refractivity contribution in [1.82, 2.24) is 0 Å². The zero-order chi connectivity index (χ0) is 15.4. The highest BCUT2D eigenvalue weighted by atomic mass is 35.5. The average molecular weight is 306 g/mol. The van der Waals surface area contributed by atoms with Crippen molar-refractivity contribution in [2.75, 3.05) is 12.4 Å². The molecule has 2 aromatic carbocycles. The van der Waals surface area contributed by atoms with Crippen LogP contribution in [0, 0.1) is 6.92 Å². The predicted molar refractivity (Wildman–Crippen MR) is 83.2 cm³/mol. The highest BCUT2D eigenvalue weighted by Crippen LogP contribution is 2.29. The van der Waals surface area contributed by atoms with E-state index in [1.54, 1.807) is 18.2 Å². The molecule has 0 saturated carbocycles. The van der Waals surface area contributed by atoms with Gasteiger partial charge in [0.1, 0.15) is 5.75 Å². The number of methoxy groups -OCH3 is 1. The second kappa shape index (κ2) is 6.50. The molecule has 4 nitrogen and oxygen atoms in total. The molecule has 1 atom stereocenters. The van der Waals surface area contributed by atoms with Crippen molar-refractivity contribution < 1.29 is 14.6 Å². The van der Waals surface area contributed by atoms with Gasteiger partial charge in [-0.2, -0.15) is 0 Å². The summed E-state index contributed by atoms with van der Waals surface area (Å²) in [6, 6.07) is 11.6. The van der Waals surface area contributed by atoms with Gasteiger partial charge in [0, 0.05) is 5.69 Å². The number of anilines is 1. The molecule has 0 aromatic heterocycles. The summed E-state index contributed by atoms with van der Waals surface area (Å²) in [5.74, 6) is -0.458. The fourth-order valence-electron chi connectivity index (χ4n) is 2.04. The third-order valence-corrected chi connectivity index (χ3v) is 3.50. The Labute approximate surface area is 128 Å². The number of carboxylic acids is 1. The number of rotatable bonds is 5. The summed E-state index contributed by atoms with van der Waals surface area (Å²) in [4.78, 5) is 11.5. The molecule has 2 aromatic rings. The van der Waals surface area contributed by atoms with Crippen molar-refractivity contribution in [1.29, 1.82) is 0 Å². The molecule has 0 spiro atoms. The molecule has 21 heavy (non-hydrogen) atoms. The molecule has 110 valence electrons. The first kappa shape index (κ1) is 15.2. The normalized spacial score (nSPS) is 11.8. The summed E-state index contributed by atoms with van der Waals surface area (Å²) < 4.78 is 5.08. The lowest BCUT2D eigenvalue weighted by molar-refractivity contribution is -0.138. The van der Waals surface area contributed by atoms with Gasteiger partial charge in [0.2, 0.25) is 0 Å². The molecule has 2 rings (SSSR count). The van der Waals surface area contributed by atoms with E-state index in [1.165, 1.54) is 7.11 Å². The molecule has 0 bridgehead atoms. The summed E-state index contributed by atoms with van der Waals surface area (Å²) in [7, 11) is 1.52. The number of aryl methyl sites for hydroxylation is 1. The minimum Gasteiger partial charge on any atom is -0.495 e. The molecule has 1 unspecified atom stereocenters. The van der Waals surface area contributed by atoms with E-state index in [1.807, 2.05) is 31.2 Å². The molecule has 0 amide bonds. The van der Waals surface area contributed by atoms with Gasteiger partial charge in [-0.25, -0.2) is 4.79 Å². The van der Waals surface area contributed by atoms with Crippen molar-refractivity contribution in [3.8, 4) is 5.75 Å². The van der Waals surface area contributed by atoms with Crippen molar-refractivity contribution in [2.24, 2.45) is 0 Å². The number of halogens is 1. The van der Waals surface area contributed by atoms with Crippen LogP contribution in [0.15, 0.2) is 42.5 Å². The SMILES string of the molecule is COc1ccc(C(Nc2ccccc2C)C(=O)O)cc1Cl. The van der Waals surface area contributed by atoms with Crippen LogP contribution in [-0.2, 0) is 4.79 Å². The maximum absolute atomic E-state index is 11.5. The fourth-order valence-corrected chi connectivity index (χ4v) is 2.31. The van der Waals surface area contributed by atoms with Crippen LogP contribution in [0.5, 0.6) is 5.75 Å². The summed E-state index contributed by atoms with van der Waals surface area (Å²) >= 11 is 6.07. The number of para-hydroxylation sites is 1. The number of carbonyl (C=O) groups is 1. The molecule has 0 heterocycles. The van der Waals surface area contributed by atoms with Crippen LogP contribution in [0.25, 0.3) is 0 Å². The van der Waals surface area contributed by atoms with Crippen LogP contribution in [0.1, 0.15) is 17.2 Å². The molecule has 5 heteroatoms. The minimum atomic E-state index is -0.973. The highest BCUT2D eigenvalue weighted by Gasteiger charge is 2.21. The first-order valence-electron chi connectivity index (χ1n) is 6.41. The first-order valence-corrected chi connectivity index (χ1v) is 6.79. The molecular formula is C16H16ClNO3. The summed E-state index contributed by atoms with van der Waals surface area (Å²) in [5, 5.41) is 12.9. The van der Waals surface area contributed by atoms with E-state index >= 15 is 0 Å². The third kappa shape index (κ3) is 3.47. The Kier molecular flexibility index (Phi) is 4.70. The van der Waals surface area contributed by atoms with Gasteiger partial charge < -0.3 is 15.2 Å². The highest BCUT2D eigenvalue weighted by molar-refractivity contribution is 6.32. The fraction of sp³-hybridized carbons (Fsp3) is 0.188.